The number of halogens is 1. The van der Waals surface area contributed by atoms with Crippen LogP contribution in [0.2, 0.25) is 5.15 Å². The summed E-state index contributed by atoms with van der Waals surface area (Å²) >= 11 is 5.99. The van der Waals surface area contributed by atoms with Crippen molar-refractivity contribution < 1.29 is 4.74 Å². The summed E-state index contributed by atoms with van der Waals surface area (Å²) in [6.07, 6.45) is 7.83. The third kappa shape index (κ3) is 4.07. The lowest BCUT2D eigenvalue weighted by molar-refractivity contribution is 0.413. The number of hydrogen-bond acceptors (Lipinski definition) is 6. The molecule has 4 aromatic rings. The first-order chi connectivity index (χ1) is 16.7. The van der Waals surface area contributed by atoms with Crippen molar-refractivity contribution in [3.05, 3.63) is 83.0 Å². The van der Waals surface area contributed by atoms with Crippen LogP contribution in [0, 0.1) is 0 Å². The molecule has 0 radical (unpaired) electrons. The van der Waals surface area contributed by atoms with Gasteiger partial charge in [0.1, 0.15) is 23.0 Å². The van der Waals surface area contributed by atoms with E-state index in [1.54, 1.807) is 19.6 Å². The maximum Gasteiger partial charge on any atom is 0.229 e. The van der Waals surface area contributed by atoms with E-state index in [2.05, 4.69) is 45.9 Å². The zero-order chi connectivity index (χ0) is 23.1. The molecule has 2 N–H and O–H groups in total. The van der Waals surface area contributed by atoms with Crippen molar-refractivity contribution in [2.45, 2.75) is 37.6 Å². The van der Waals surface area contributed by atoms with Crippen molar-refractivity contribution in [1.29, 1.82) is 0 Å². The standard InChI is InChI=1S/C26H25ClN6O/c1-34-22-13-18(9-12-21(22)33-14-23(27)28-15-33)30-26-31-24-19(16-5-3-2-4-6-16)10-11-20(24)25(32-26)29-17-7-8-17/h2-6,9,12-15,17,19H,7-8,10-11H2,1H3,(H2,29,30,31,32). The molecule has 7 nitrogen and oxygen atoms in total. The predicted octanol–water partition coefficient (Wildman–Crippen LogP) is 5.72. The van der Waals surface area contributed by atoms with Crippen LogP contribution in [-0.2, 0) is 6.42 Å². The summed E-state index contributed by atoms with van der Waals surface area (Å²) in [6.45, 7) is 0. The van der Waals surface area contributed by atoms with Crippen LogP contribution in [-0.4, -0.2) is 32.7 Å². The molecule has 0 amide bonds. The number of benzene rings is 2. The predicted molar refractivity (Wildman–Crippen MR) is 134 cm³/mol. The highest BCUT2D eigenvalue weighted by Gasteiger charge is 2.31. The summed E-state index contributed by atoms with van der Waals surface area (Å²) in [4.78, 5) is 14.0. The van der Waals surface area contributed by atoms with Gasteiger partial charge in [0.25, 0.3) is 0 Å². The molecular formula is C26H25ClN6O. The number of ether oxygens (including phenoxy) is 1. The van der Waals surface area contributed by atoms with Crippen molar-refractivity contribution in [1.82, 2.24) is 19.5 Å². The maximum absolute atomic E-state index is 5.99. The van der Waals surface area contributed by atoms with Gasteiger partial charge in [0.05, 0.1) is 18.5 Å². The Bertz CT molecular complexity index is 1330. The average molecular weight is 473 g/mol. The smallest absolute Gasteiger partial charge is 0.229 e. The van der Waals surface area contributed by atoms with Gasteiger partial charge in [-0.1, -0.05) is 41.9 Å². The van der Waals surface area contributed by atoms with Gasteiger partial charge in [-0.15, -0.1) is 0 Å². The Balaban J connectivity index is 1.35. The van der Waals surface area contributed by atoms with E-state index >= 15 is 0 Å². The fraction of sp³-hybridized carbons (Fsp3) is 0.269. The molecular weight excluding hydrogens is 448 g/mol. The van der Waals surface area contributed by atoms with Crippen LogP contribution in [0.15, 0.2) is 61.1 Å². The summed E-state index contributed by atoms with van der Waals surface area (Å²) in [5.74, 6) is 2.52. The molecule has 2 aliphatic carbocycles. The molecule has 2 heterocycles. The Kier molecular flexibility index (Phi) is 5.34. The molecule has 0 saturated heterocycles. The topological polar surface area (TPSA) is 76.9 Å². The third-order valence-electron chi connectivity index (χ3n) is 6.44. The number of hydrogen-bond donors (Lipinski definition) is 2. The summed E-state index contributed by atoms with van der Waals surface area (Å²) in [5.41, 5.74) is 5.36. The van der Waals surface area contributed by atoms with Crippen LogP contribution >= 0.6 is 11.6 Å². The quantitative estimate of drug-likeness (QED) is 0.358. The van der Waals surface area contributed by atoms with Crippen molar-refractivity contribution in [2.24, 2.45) is 0 Å². The van der Waals surface area contributed by atoms with E-state index < -0.39 is 0 Å². The molecule has 0 aliphatic heterocycles. The van der Waals surface area contributed by atoms with E-state index in [9.17, 15) is 0 Å². The van der Waals surface area contributed by atoms with Crippen LogP contribution in [0.1, 0.15) is 42.0 Å². The van der Waals surface area contributed by atoms with Gasteiger partial charge in [0, 0.05) is 35.5 Å². The molecule has 2 aromatic carbocycles. The zero-order valence-corrected chi connectivity index (χ0v) is 19.6. The number of rotatable bonds is 7. The minimum absolute atomic E-state index is 0.280. The van der Waals surface area contributed by atoms with Gasteiger partial charge in [-0.05, 0) is 43.4 Å². The highest BCUT2D eigenvalue weighted by Crippen LogP contribution is 2.41. The molecule has 172 valence electrons. The van der Waals surface area contributed by atoms with Crippen LogP contribution in [0.25, 0.3) is 5.69 Å². The first kappa shape index (κ1) is 21.0. The van der Waals surface area contributed by atoms with Crippen molar-refractivity contribution in [2.75, 3.05) is 17.7 Å². The fourth-order valence-corrected chi connectivity index (χ4v) is 4.74. The molecule has 1 unspecified atom stereocenters. The van der Waals surface area contributed by atoms with Gasteiger partial charge in [-0.25, -0.2) is 9.97 Å². The van der Waals surface area contributed by atoms with Gasteiger partial charge in [0.2, 0.25) is 5.95 Å². The number of imidazole rings is 1. The lowest BCUT2D eigenvalue weighted by Crippen LogP contribution is -2.11. The Morgan fingerprint density at radius 3 is 2.65 bits per heavy atom. The lowest BCUT2D eigenvalue weighted by Gasteiger charge is -2.16. The first-order valence-electron chi connectivity index (χ1n) is 11.5. The molecule has 34 heavy (non-hydrogen) atoms. The average Bonchev–Trinajstić information content (AvgIpc) is 3.40. The highest BCUT2D eigenvalue weighted by atomic mass is 35.5. The Morgan fingerprint density at radius 1 is 1.06 bits per heavy atom. The minimum atomic E-state index is 0.280. The van der Waals surface area contributed by atoms with Gasteiger partial charge >= 0.3 is 0 Å². The summed E-state index contributed by atoms with van der Waals surface area (Å²) in [5, 5.41) is 7.47. The number of aromatic nitrogens is 4. The third-order valence-corrected chi connectivity index (χ3v) is 6.63. The number of anilines is 3. The second-order valence-electron chi connectivity index (χ2n) is 8.80. The van der Waals surface area contributed by atoms with Crippen molar-refractivity contribution in [3.63, 3.8) is 0 Å². The monoisotopic (exact) mass is 472 g/mol. The minimum Gasteiger partial charge on any atom is -0.494 e. The summed E-state index contributed by atoms with van der Waals surface area (Å²) < 4.78 is 7.47. The molecule has 1 atom stereocenters. The Labute approximate surface area is 203 Å². The Morgan fingerprint density at radius 2 is 1.91 bits per heavy atom. The maximum atomic E-state index is 5.99. The van der Waals surface area contributed by atoms with E-state index in [4.69, 9.17) is 26.3 Å². The van der Waals surface area contributed by atoms with Crippen molar-refractivity contribution in [3.8, 4) is 11.4 Å². The molecule has 2 aromatic heterocycles. The highest BCUT2D eigenvalue weighted by molar-refractivity contribution is 6.29. The van der Waals surface area contributed by atoms with Crippen LogP contribution in [0.5, 0.6) is 5.75 Å². The van der Waals surface area contributed by atoms with Crippen LogP contribution < -0.4 is 15.4 Å². The van der Waals surface area contributed by atoms with E-state index in [0.29, 0.717) is 22.9 Å². The fourth-order valence-electron chi connectivity index (χ4n) is 4.60. The van der Waals surface area contributed by atoms with Crippen LogP contribution in [0.4, 0.5) is 17.5 Å². The second-order valence-corrected chi connectivity index (χ2v) is 9.18. The second kappa shape index (κ2) is 8.65. The molecule has 6 rings (SSSR count). The van der Waals surface area contributed by atoms with E-state index in [1.807, 2.05) is 22.8 Å². The molecule has 0 bridgehead atoms. The SMILES string of the molecule is COc1cc(Nc2nc(NC3CC3)c3c(n2)C(c2ccccc2)CC3)ccc1-n1cnc(Cl)c1. The molecule has 2 aliphatic rings. The largest absolute Gasteiger partial charge is 0.494 e. The summed E-state index contributed by atoms with van der Waals surface area (Å²) in [7, 11) is 1.65. The lowest BCUT2D eigenvalue weighted by atomic mass is 9.97. The van der Waals surface area contributed by atoms with Gasteiger partial charge in [-0.2, -0.15) is 4.98 Å². The number of nitrogens with one attached hydrogen (secondary N) is 2. The Hall–Kier alpha value is -3.58. The number of nitrogens with zero attached hydrogens (tertiary/aromatic N) is 4. The molecule has 1 saturated carbocycles. The van der Waals surface area contributed by atoms with E-state index in [-0.39, 0.29) is 5.92 Å². The van der Waals surface area contributed by atoms with E-state index in [1.165, 1.54) is 24.0 Å². The van der Waals surface area contributed by atoms with Gasteiger partial charge in [-0.3, -0.25) is 0 Å². The normalized spacial score (nSPS) is 16.8. The van der Waals surface area contributed by atoms with Crippen LogP contribution in [0.3, 0.4) is 0 Å². The zero-order valence-electron chi connectivity index (χ0n) is 18.8. The first-order valence-corrected chi connectivity index (χ1v) is 11.9. The molecule has 0 spiro atoms. The molecule has 1 fully saturated rings. The van der Waals surface area contributed by atoms with Gasteiger partial charge < -0.3 is 19.9 Å². The van der Waals surface area contributed by atoms with E-state index in [0.717, 1.165) is 35.7 Å². The van der Waals surface area contributed by atoms with Gasteiger partial charge in [0.15, 0.2) is 0 Å². The number of methoxy groups -OCH3 is 1. The molecule has 8 heteroatoms. The summed E-state index contributed by atoms with van der Waals surface area (Å²) in [6, 6.07) is 17.0. The van der Waals surface area contributed by atoms with Crippen molar-refractivity contribution >= 4 is 29.1 Å². The number of fused-ring (bicyclic) bond motifs is 1.